The second kappa shape index (κ2) is 7.49. The lowest BCUT2D eigenvalue weighted by Gasteiger charge is -2.60. The minimum atomic E-state index is -0.475. The zero-order valence-electron chi connectivity index (χ0n) is 19.1. The van der Waals surface area contributed by atoms with E-state index in [0.29, 0.717) is 17.8 Å². The van der Waals surface area contributed by atoms with Crippen LogP contribution >= 0.6 is 0 Å². The zero-order chi connectivity index (χ0) is 22.7. The zero-order valence-corrected chi connectivity index (χ0v) is 19.1. The monoisotopic (exact) mass is 436 g/mol. The van der Waals surface area contributed by atoms with Gasteiger partial charge in [-0.15, -0.1) is 0 Å². The van der Waals surface area contributed by atoms with E-state index < -0.39 is 5.91 Å². The highest BCUT2D eigenvalue weighted by Gasteiger charge is 2.61. The number of likely N-dealkylation sites (N-methyl/N-ethyl adjacent to an activating group) is 1. The highest BCUT2D eigenvalue weighted by molar-refractivity contribution is 6.04. The molecule has 7 heteroatoms. The molecule has 2 heterocycles. The number of imide groups is 1. The molecule has 0 unspecified atom stereocenters. The van der Waals surface area contributed by atoms with Crippen LogP contribution in [0.15, 0.2) is 30.7 Å². The van der Waals surface area contributed by atoms with Crippen molar-refractivity contribution in [3.63, 3.8) is 0 Å². The van der Waals surface area contributed by atoms with E-state index in [1.165, 1.54) is 18.6 Å². The summed E-state index contributed by atoms with van der Waals surface area (Å²) in [5.74, 6) is 0.841. The summed E-state index contributed by atoms with van der Waals surface area (Å²) >= 11 is 0. The van der Waals surface area contributed by atoms with Gasteiger partial charge < -0.3 is 4.90 Å². The van der Waals surface area contributed by atoms with Crippen molar-refractivity contribution >= 4 is 17.7 Å². The molecule has 1 N–H and O–H groups in total. The molecule has 5 rings (SSSR count). The molecule has 3 saturated carbocycles. The maximum atomic E-state index is 13.2. The first kappa shape index (κ1) is 21.3. The quantitative estimate of drug-likeness (QED) is 0.720. The molecular formula is C25H32N4O3. The Bertz CT molecular complexity index is 979. The van der Waals surface area contributed by atoms with E-state index in [0.717, 1.165) is 38.5 Å². The topological polar surface area (TPSA) is 92.3 Å². The molecule has 7 atom stereocenters. The van der Waals surface area contributed by atoms with Gasteiger partial charge in [-0.2, -0.15) is 0 Å². The van der Waals surface area contributed by atoms with Gasteiger partial charge in [-0.3, -0.25) is 24.7 Å². The molecule has 0 radical (unpaired) electrons. The molecule has 3 fully saturated rings. The first-order valence-corrected chi connectivity index (χ1v) is 11.8. The third-order valence-corrected chi connectivity index (χ3v) is 9.48. The smallest absolute Gasteiger partial charge is 0.278 e. The molecule has 4 aliphatic rings. The number of carbonyl (C=O) groups excluding carboxylic acids is 3. The average Bonchev–Trinajstić information content (AvgIpc) is 3.14. The highest BCUT2D eigenvalue weighted by Crippen LogP contribution is 2.65. The number of amides is 3. The largest absolute Gasteiger partial charge is 0.338 e. The lowest BCUT2D eigenvalue weighted by atomic mass is 9.47. The van der Waals surface area contributed by atoms with Gasteiger partial charge in [0.1, 0.15) is 5.69 Å². The number of carbonyl (C=O) groups is 3. The van der Waals surface area contributed by atoms with Crippen molar-refractivity contribution in [2.75, 3.05) is 7.05 Å². The van der Waals surface area contributed by atoms with Crippen LogP contribution in [0.2, 0.25) is 0 Å². The Kier molecular flexibility index (Phi) is 4.98. The minimum absolute atomic E-state index is 0.00476. The molecule has 3 amide bonds. The minimum Gasteiger partial charge on any atom is -0.338 e. The molecule has 0 bridgehead atoms. The van der Waals surface area contributed by atoms with Gasteiger partial charge >= 0.3 is 0 Å². The van der Waals surface area contributed by atoms with Gasteiger partial charge in [-0.1, -0.05) is 19.9 Å². The van der Waals surface area contributed by atoms with Crippen LogP contribution in [0.5, 0.6) is 0 Å². The summed E-state index contributed by atoms with van der Waals surface area (Å²) in [7, 11) is 1.94. The molecule has 7 nitrogen and oxygen atoms in total. The highest BCUT2D eigenvalue weighted by atomic mass is 16.2. The third-order valence-electron chi connectivity index (χ3n) is 9.48. The van der Waals surface area contributed by atoms with Crippen molar-refractivity contribution in [2.24, 2.45) is 34.5 Å². The Morgan fingerprint density at radius 3 is 2.66 bits per heavy atom. The summed E-state index contributed by atoms with van der Waals surface area (Å²) in [6.45, 7) is 4.59. The number of hydrogen-bond acceptors (Lipinski definition) is 5. The van der Waals surface area contributed by atoms with Gasteiger partial charge in [0, 0.05) is 36.8 Å². The van der Waals surface area contributed by atoms with Crippen molar-refractivity contribution in [1.82, 2.24) is 20.2 Å². The molecule has 32 heavy (non-hydrogen) atoms. The number of nitrogens with zero attached hydrogens (tertiary/aromatic N) is 3. The Labute approximate surface area is 189 Å². The molecule has 1 aliphatic heterocycles. The Balaban J connectivity index is 1.35. The summed E-state index contributed by atoms with van der Waals surface area (Å²) < 4.78 is 0. The number of rotatable bonds is 2. The van der Waals surface area contributed by atoms with E-state index in [1.807, 2.05) is 11.9 Å². The third kappa shape index (κ3) is 3.04. The second-order valence-electron chi connectivity index (χ2n) is 10.7. The summed E-state index contributed by atoms with van der Waals surface area (Å²) in [5, 5.41) is 2.60. The predicted octanol–water partition coefficient (Wildman–Crippen LogP) is 2.99. The van der Waals surface area contributed by atoms with Crippen molar-refractivity contribution in [3.05, 3.63) is 36.4 Å². The maximum Gasteiger partial charge on any atom is 0.278 e. The average molecular weight is 437 g/mol. The van der Waals surface area contributed by atoms with Gasteiger partial charge in [-0.05, 0) is 67.8 Å². The van der Waals surface area contributed by atoms with Crippen LogP contribution in [0, 0.1) is 34.5 Å². The Morgan fingerprint density at radius 1 is 1.09 bits per heavy atom. The van der Waals surface area contributed by atoms with Crippen LogP contribution < -0.4 is 5.32 Å². The van der Waals surface area contributed by atoms with Crippen LogP contribution in [0.1, 0.15) is 62.9 Å². The molecular weight excluding hydrogens is 404 g/mol. The normalized spacial score (nSPS) is 40.3. The predicted molar refractivity (Wildman–Crippen MR) is 118 cm³/mol. The second-order valence-corrected chi connectivity index (χ2v) is 10.7. The standard InChI is InChI=1S/C25H32N4O3/c1-24-10-8-17-15(4-7-20-25(17,2)11-9-21(30)29(20)3)16(24)5-6-18(24)22(31)28-23(32)19-14-26-12-13-27-19/h9,11-18,20H,4-8,10H2,1-3H3,(H,28,31,32)/t15-,16-,17-,18+,20+,24-,25+/m0/s1. The van der Waals surface area contributed by atoms with Gasteiger partial charge in [0.05, 0.1) is 6.20 Å². The van der Waals surface area contributed by atoms with E-state index >= 15 is 0 Å². The molecule has 170 valence electrons. The maximum absolute atomic E-state index is 13.2. The van der Waals surface area contributed by atoms with Crippen LogP contribution in [-0.4, -0.2) is 45.7 Å². The molecule has 3 aliphatic carbocycles. The number of nitrogens with one attached hydrogen (secondary N) is 1. The van der Waals surface area contributed by atoms with Crippen molar-refractivity contribution in [2.45, 2.75) is 58.4 Å². The summed E-state index contributed by atoms with van der Waals surface area (Å²) in [6, 6.07) is 0.260. The SMILES string of the molecule is CN1C(=O)C=C[C@]2(C)[C@H]3CC[C@]4(C)[C@@H](C(=O)NC(=O)c5cnccn5)CC[C@H]4[C@@H]3CC[C@@H]12. The van der Waals surface area contributed by atoms with Gasteiger partial charge in [0.2, 0.25) is 11.8 Å². The number of aromatic nitrogens is 2. The molecule has 0 saturated heterocycles. The van der Waals surface area contributed by atoms with Crippen molar-refractivity contribution < 1.29 is 14.4 Å². The fraction of sp³-hybridized carbons (Fsp3) is 0.640. The van der Waals surface area contributed by atoms with Crippen LogP contribution in [0.3, 0.4) is 0 Å². The fourth-order valence-corrected chi connectivity index (χ4v) is 7.85. The van der Waals surface area contributed by atoms with E-state index in [2.05, 4.69) is 35.2 Å². The first-order valence-electron chi connectivity index (χ1n) is 11.8. The lowest BCUT2D eigenvalue weighted by Crippen LogP contribution is -2.60. The Hall–Kier alpha value is -2.57. The van der Waals surface area contributed by atoms with E-state index in [1.54, 1.807) is 6.08 Å². The fourth-order valence-electron chi connectivity index (χ4n) is 7.85. The molecule has 0 aromatic carbocycles. The summed E-state index contributed by atoms with van der Waals surface area (Å²) in [6.07, 6.45) is 14.3. The number of fused-ring (bicyclic) bond motifs is 5. The van der Waals surface area contributed by atoms with Crippen LogP contribution in [0.25, 0.3) is 0 Å². The van der Waals surface area contributed by atoms with Crippen molar-refractivity contribution in [1.29, 1.82) is 0 Å². The van der Waals surface area contributed by atoms with E-state index in [-0.39, 0.29) is 40.3 Å². The van der Waals surface area contributed by atoms with Crippen LogP contribution in [-0.2, 0) is 9.59 Å². The summed E-state index contributed by atoms with van der Waals surface area (Å²) in [5.41, 5.74) is 0.0603. The Morgan fingerprint density at radius 2 is 1.91 bits per heavy atom. The lowest BCUT2D eigenvalue weighted by molar-refractivity contribution is -0.142. The molecule has 0 spiro atoms. The molecule has 1 aromatic rings. The van der Waals surface area contributed by atoms with Crippen molar-refractivity contribution in [3.8, 4) is 0 Å². The van der Waals surface area contributed by atoms with E-state index in [4.69, 9.17) is 0 Å². The number of hydrogen-bond donors (Lipinski definition) is 1. The van der Waals surface area contributed by atoms with E-state index in [9.17, 15) is 14.4 Å². The van der Waals surface area contributed by atoms with Gasteiger partial charge in [0.25, 0.3) is 5.91 Å². The first-order chi connectivity index (χ1) is 15.3. The van der Waals surface area contributed by atoms with Crippen LogP contribution in [0.4, 0.5) is 0 Å². The molecule has 1 aromatic heterocycles. The summed E-state index contributed by atoms with van der Waals surface area (Å²) in [4.78, 5) is 47.8. The van der Waals surface area contributed by atoms with Gasteiger partial charge in [-0.25, -0.2) is 4.98 Å². The van der Waals surface area contributed by atoms with Gasteiger partial charge in [0.15, 0.2) is 0 Å².